The largest absolute Gasteiger partial charge is 0.497 e. The van der Waals surface area contributed by atoms with E-state index in [9.17, 15) is 0 Å². The number of halogens is 1. The number of fused-ring (bicyclic) bond motifs is 3. The van der Waals surface area contributed by atoms with Crippen LogP contribution < -0.4 is 10.1 Å². The van der Waals surface area contributed by atoms with E-state index in [0.29, 0.717) is 6.04 Å². The molecule has 0 saturated heterocycles. The average Bonchev–Trinajstić information content (AvgIpc) is 2.95. The van der Waals surface area contributed by atoms with Gasteiger partial charge in [-0.3, -0.25) is 0 Å². The van der Waals surface area contributed by atoms with Gasteiger partial charge in [0.2, 0.25) is 0 Å². The van der Waals surface area contributed by atoms with Crippen LogP contribution in [-0.4, -0.2) is 18.6 Å². The molecule has 4 rings (SSSR count). The summed E-state index contributed by atoms with van der Waals surface area (Å²) in [6, 6.07) is 17.3. The summed E-state index contributed by atoms with van der Waals surface area (Å²) < 4.78 is 5.33. The van der Waals surface area contributed by atoms with Crippen LogP contribution >= 0.6 is 12.4 Å². The molecule has 1 aliphatic rings. The number of methoxy groups -OCH3 is 1. The second-order valence-electron chi connectivity index (χ2n) is 5.88. The molecule has 0 fully saturated rings. The van der Waals surface area contributed by atoms with Gasteiger partial charge in [-0.1, -0.05) is 30.3 Å². The Bertz CT molecular complexity index is 812. The standard InChI is InChI=1S/C19H20N2O.ClH/c1-22-14-6-4-5-13(11-14)12-18-19-16(9-10-20-18)15-7-2-3-8-17(15)21-19;/h2-8,11,18,20-21H,9-10,12H2,1H3;1H. The Morgan fingerprint density at radius 1 is 1.13 bits per heavy atom. The minimum atomic E-state index is 0. The molecule has 0 aliphatic carbocycles. The smallest absolute Gasteiger partial charge is 0.119 e. The number of para-hydroxylation sites is 1. The molecule has 1 aliphatic heterocycles. The van der Waals surface area contributed by atoms with E-state index >= 15 is 0 Å². The number of nitrogens with one attached hydrogen (secondary N) is 2. The zero-order chi connectivity index (χ0) is 14.9. The summed E-state index contributed by atoms with van der Waals surface area (Å²) in [5.74, 6) is 0.921. The van der Waals surface area contributed by atoms with E-state index in [2.05, 4.69) is 52.8 Å². The molecule has 3 aromatic rings. The van der Waals surface area contributed by atoms with Crippen LogP contribution in [0.1, 0.15) is 22.9 Å². The highest BCUT2D eigenvalue weighted by Crippen LogP contribution is 2.31. The Morgan fingerprint density at radius 3 is 2.87 bits per heavy atom. The molecule has 1 atom stereocenters. The molecule has 4 heteroatoms. The lowest BCUT2D eigenvalue weighted by atomic mass is 9.94. The van der Waals surface area contributed by atoms with Gasteiger partial charge in [0.1, 0.15) is 5.75 Å². The number of hydrogen-bond donors (Lipinski definition) is 2. The molecule has 0 spiro atoms. The van der Waals surface area contributed by atoms with Gasteiger partial charge in [-0.15, -0.1) is 12.4 Å². The Hall–Kier alpha value is -1.97. The van der Waals surface area contributed by atoms with Crippen LogP contribution in [0.25, 0.3) is 10.9 Å². The minimum Gasteiger partial charge on any atom is -0.497 e. The molecule has 0 bridgehead atoms. The first kappa shape index (κ1) is 15.9. The van der Waals surface area contributed by atoms with Crippen molar-refractivity contribution in [2.75, 3.05) is 13.7 Å². The molecule has 0 radical (unpaired) electrons. The fraction of sp³-hybridized carbons (Fsp3) is 0.263. The van der Waals surface area contributed by atoms with E-state index < -0.39 is 0 Å². The summed E-state index contributed by atoms with van der Waals surface area (Å²) in [4.78, 5) is 3.62. The molecule has 2 N–H and O–H groups in total. The van der Waals surface area contributed by atoms with Gasteiger partial charge < -0.3 is 15.0 Å². The second kappa shape index (κ2) is 6.65. The first-order valence-electron chi connectivity index (χ1n) is 7.81. The maximum Gasteiger partial charge on any atom is 0.119 e. The minimum absolute atomic E-state index is 0. The normalized spacial score (nSPS) is 16.7. The highest BCUT2D eigenvalue weighted by atomic mass is 35.5. The predicted molar refractivity (Wildman–Crippen MR) is 96.7 cm³/mol. The summed E-state index contributed by atoms with van der Waals surface area (Å²) in [6.07, 6.45) is 2.06. The summed E-state index contributed by atoms with van der Waals surface area (Å²) in [7, 11) is 1.72. The van der Waals surface area contributed by atoms with Gasteiger partial charge >= 0.3 is 0 Å². The van der Waals surface area contributed by atoms with Gasteiger partial charge in [-0.25, -0.2) is 0 Å². The lowest BCUT2D eigenvalue weighted by Crippen LogP contribution is -2.31. The number of hydrogen-bond acceptors (Lipinski definition) is 2. The monoisotopic (exact) mass is 328 g/mol. The van der Waals surface area contributed by atoms with Crippen LogP contribution in [-0.2, 0) is 12.8 Å². The molecular formula is C19H21ClN2O. The summed E-state index contributed by atoms with van der Waals surface area (Å²) in [6.45, 7) is 1.03. The van der Waals surface area contributed by atoms with Gasteiger partial charge in [0, 0.05) is 16.6 Å². The highest BCUT2D eigenvalue weighted by molar-refractivity contribution is 5.85. The number of benzene rings is 2. The van der Waals surface area contributed by atoms with Crippen LogP contribution in [0.2, 0.25) is 0 Å². The van der Waals surface area contributed by atoms with Gasteiger partial charge in [-0.2, -0.15) is 0 Å². The van der Waals surface area contributed by atoms with Crippen molar-refractivity contribution >= 4 is 23.3 Å². The van der Waals surface area contributed by atoms with Crippen molar-refractivity contribution < 1.29 is 4.74 Å². The second-order valence-corrected chi connectivity index (χ2v) is 5.88. The zero-order valence-corrected chi connectivity index (χ0v) is 14.0. The Morgan fingerprint density at radius 2 is 2.00 bits per heavy atom. The third-order valence-corrected chi connectivity index (χ3v) is 4.53. The Balaban J connectivity index is 0.00000156. The lowest BCUT2D eigenvalue weighted by Gasteiger charge is -2.24. The molecule has 2 aromatic carbocycles. The number of aromatic amines is 1. The topological polar surface area (TPSA) is 37.0 Å². The van der Waals surface area contributed by atoms with Crippen LogP contribution in [0, 0.1) is 0 Å². The molecular weight excluding hydrogens is 308 g/mol. The van der Waals surface area contributed by atoms with Crippen molar-refractivity contribution in [3.05, 3.63) is 65.4 Å². The quantitative estimate of drug-likeness (QED) is 0.761. The predicted octanol–water partition coefficient (Wildman–Crippen LogP) is 4.03. The molecule has 0 saturated carbocycles. The third kappa shape index (κ3) is 2.94. The van der Waals surface area contributed by atoms with E-state index in [1.165, 1.54) is 27.7 Å². The first-order chi connectivity index (χ1) is 10.8. The van der Waals surface area contributed by atoms with E-state index in [0.717, 1.165) is 25.1 Å². The van der Waals surface area contributed by atoms with Gasteiger partial charge in [0.05, 0.1) is 13.2 Å². The molecule has 1 unspecified atom stereocenters. The van der Waals surface area contributed by atoms with Crippen molar-refractivity contribution in [2.24, 2.45) is 0 Å². The van der Waals surface area contributed by atoms with Crippen LogP contribution in [0.5, 0.6) is 5.75 Å². The van der Waals surface area contributed by atoms with Crippen molar-refractivity contribution in [2.45, 2.75) is 18.9 Å². The zero-order valence-electron chi connectivity index (χ0n) is 13.1. The maximum absolute atomic E-state index is 5.33. The van der Waals surface area contributed by atoms with E-state index in [4.69, 9.17) is 4.74 Å². The third-order valence-electron chi connectivity index (χ3n) is 4.53. The Kier molecular flexibility index (Phi) is 4.60. The Labute approximate surface area is 142 Å². The molecule has 120 valence electrons. The van der Waals surface area contributed by atoms with E-state index in [-0.39, 0.29) is 12.4 Å². The maximum atomic E-state index is 5.33. The highest BCUT2D eigenvalue weighted by Gasteiger charge is 2.23. The van der Waals surface area contributed by atoms with Crippen LogP contribution in [0.4, 0.5) is 0 Å². The van der Waals surface area contributed by atoms with E-state index in [1.54, 1.807) is 7.11 Å². The molecule has 1 aromatic heterocycles. The molecule has 3 nitrogen and oxygen atoms in total. The summed E-state index contributed by atoms with van der Waals surface area (Å²) in [5, 5.41) is 5.02. The van der Waals surface area contributed by atoms with Crippen molar-refractivity contribution in [3.8, 4) is 5.75 Å². The average molecular weight is 329 g/mol. The number of aromatic nitrogens is 1. The van der Waals surface area contributed by atoms with Crippen LogP contribution in [0.15, 0.2) is 48.5 Å². The molecule has 2 heterocycles. The number of H-pyrrole nitrogens is 1. The number of rotatable bonds is 3. The van der Waals surface area contributed by atoms with E-state index in [1.807, 2.05) is 6.07 Å². The van der Waals surface area contributed by atoms with Gasteiger partial charge in [0.25, 0.3) is 0 Å². The number of ether oxygens (including phenoxy) is 1. The van der Waals surface area contributed by atoms with Gasteiger partial charge in [-0.05, 0) is 48.7 Å². The summed E-state index contributed by atoms with van der Waals surface area (Å²) >= 11 is 0. The van der Waals surface area contributed by atoms with Crippen molar-refractivity contribution in [3.63, 3.8) is 0 Å². The first-order valence-corrected chi connectivity index (χ1v) is 7.81. The van der Waals surface area contributed by atoms with Crippen molar-refractivity contribution in [1.82, 2.24) is 10.3 Å². The molecule has 23 heavy (non-hydrogen) atoms. The lowest BCUT2D eigenvalue weighted by molar-refractivity contribution is 0.413. The van der Waals surface area contributed by atoms with Crippen LogP contribution in [0.3, 0.4) is 0 Å². The van der Waals surface area contributed by atoms with Crippen molar-refractivity contribution in [1.29, 1.82) is 0 Å². The fourth-order valence-electron chi connectivity index (χ4n) is 3.47. The van der Waals surface area contributed by atoms with Gasteiger partial charge in [0.15, 0.2) is 0 Å². The summed E-state index contributed by atoms with van der Waals surface area (Å²) in [5.41, 5.74) is 5.35. The SMILES string of the molecule is COc1cccc(CC2NCCc3c2[nH]c2ccccc32)c1.Cl. The fourth-order valence-corrected chi connectivity index (χ4v) is 3.47. The molecule has 0 amide bonds.